The Morgan fingerprint density at radius 2 is 1.81 bits per heavy atom. The summed E-state index contributed by atoms with van der Waals surface area (Å²) in [7, 11) is -2.20. The lowest BCUT2D eigenvalue weighted by atomic mass is 10.0. The third-order valence-corrected chi connectivity index (χ3v) is 7.58. The van der Waals surface area contributed by atoms with Gasteiger partial charge in [0.25, 0.3) is 0 Å². The van der Waals surface area contributed by atoms with Crippen LogP contribution in [0, 0.1) is 0 Å². The number of sulfonamides is 1. The van der Waals surface area contributed by atoms with E-state index in [-0.39, 0.29) is 30.3 Å². The van der Waals surface area contributed by atoms with E-state index >= 15 is 0 Å². The van der Waals surface area contributed by atoms with Crippen LogP contribution >= 0.6 is 0 Å². The lowest BCUT2D eigenvalue weighted by Crippen LogP contribution is -2.47. The van der Waals surface area contributed by atoms with Crippen LogP contribution in [0.25, 0.3) is 0 Å². The summed E-state index contributed by atoms with van der Waals surface area (Å²) in [5, 5.41) is 3.22. The molecule has 1 aliphatic rings. The number of hydrogen-bond acceptors (Lipinski definition) is 5. The summed E-state index contributed by atoms with van der Waals surface area (Å²) in [4.78, 5) is 14.7. The third-order valence-electron chi connectivity index (χ3n) is 5.72. The van der Waals surface area contributed by atoms with Crippen molar-refractivity contribution in [2.24, 2.45) is 0 Å². The summed E-state index contributed by atoms with van der Waals surface area (Å²) in [6, 6.07) is 14.4. The van der Waals surface area contributed by atoms with Gasteiger partial charge in [0, 0.05) is 45.7 Å². The molecule has 0 radical (unpaired) electrons. The summed E-state index contributed by atoms with van der Waals surface area (Å²) >= 11 is 0. The molecule has 1 N–H and O–H groups in total. The van der Waals surface area contributed by atoms with Gasteiger partial charge in [0.1, 0.15) is 5.75 Å². The number of carbonyl (C=O) groups is 1. The Bertz CT molecular complexity index is 1000. The van der Waals surface area contributed by atoms with E-state index in [2.05, 4.69) is 19.2 Å². The number of hydrogen-bond donors (Lipinski definition) is 1. The molecule has 3 rings (SSSR count). The highest BCUT2D eigenvalue weighted by Gasteiger charge is 2.27. The van der Waals surface area contributed by atoms with Crippen LogP contribution in [-0.2, 0) is 21.4 Å². The minimum Gasteiger partial charge on any atom is -0.497 e. The third kappa shape index (κ3) is 6.09. The van der Waals surface area contributed by atoms with E-state index in [1.165, 1.54) is 4.31 Å². The molecule has 0 saturated carbocycles. The van der Waals surface area contributed by atoms with Crippen molar-refractivity contribution in [1.29, 1.82) is 0 Å². The molecule has 0 aliphatic carbocycles. The zero-order valence-corrected chi connectivity index (χ0v) is 19.9. The lowest BCUT2D eigenvalue weighted by Gasteiger charge is -2.29. The van der Waals surface area contributed by atoms with E-state index in [0.29, 0.717) is 24.8 Å². The number of nitrogens with one attached hydrogen (secondary N) is 1. The highest BCUT2D eigenvalue weighted by Crippen LogP contribution is 2.23. The predicted octanol–water partition coefficient (Wildman–Crippen LogP) is 2.83. The van der Waals surface area contributed by atoms with E-state index in [9.17, 15) is 13.2 Å². The van der Waals surface area contributed by atoms with Crippen molar-refractivity contribution in [1.82, 2.24) is 14.5 Å². The molecule has 0 aromatic heterocycles. The number of carbonyl (C=O) groups excluding carboxylic acids is 1. The first-order valence-electron chi connectivity index (χ1n) is 11.0. The number of methoxy groups -OCH3 is 1. The van der Waals surface area contributed by atoms with Gasteiger partial charge in [0.05, 0.1) is 12.0 Å². The Morgan fingerprint density at radius 1 is 1.12 bits per heavy atom. The molecule has 2 aromatic rings. The van der Waals surface area contributed by atoms with Crippen LogP contribution < -0.4 is 10.1 Å². The van der Waals surface area contributed by atoms with Crippen molar-refractivity contribution < 1.29 is 17.9 Å². The van der Waals surface area contributed by atoms with Crippen molar-refractivity contribution in [2.75, 3.05) is 39.8 Å². The van der Waals surface area contributed by atoms with Gasteiger partial charge >= 0.3 is 0 Å². The van der Waals surface area contributed by atoms with Gasteiger partial charge in [0.15, 0.2) is 0 Å². The Morgan fingerprint density at radius 3 is 2.44 bits per heavy atom. The SMILES string of the molecule is COc1cccc(CN(CCC(=O)N2CCNCC2)S(=O)(=O)c2ccc(C(C)C)cc2)c1. The quantitative estimate of drug-likeness (QED) is 0.624. The molecule has 32 heavy (non-hydrogen) atoms. The first-order chi connectivity index (χ1) is 15.3. The molecule has 1 saturated heterocycles. The minimum absolute atomic E-state index is 0.0208. The van der Waals surface area contributed by atoms with Crippen molar-refractivity contribution in [2.45, 2.75) is 37.6 Å². The van der Waals surface area contributed by atoms with Crippen LogP contribution in [0.1, 0.15) is 37.3 Å². The highest BCUT2D eigenvalue weighted by molar-refractivity contribution is 7.89. The van der Waals surface area contributed by atoms with Crippen LogP contribution in [0.2, 0.25) is 0 Å². The fourth-order valence-corrected chi connectivity index (χ4v) is 5.15. The van der Waals surface area contributed by atoms with E-state index < -0.39 is 10.0 Å². The van der Waals surface area contributed by atoms with Crippen molar-refractivity contribution in [3.63, 3.8) is 0 Å². The molecule has 0 spiro atoms. The number of ether oxygens (including phenoxy) is 1. The molecular weight excluding hydrogens is 426 g/mol. The number of benzene rings is 2. The number of amides is 1. The van der Waals surface area contributed by atoms with Gasteiger partial charge in [-0.25, -0.2) is 8.42 Å². The molecule has 1 amide bonds. The van der Waals surface area contributed by atoms with Crippen molar-refractivity contribution in [3.05, 3.63) is 59.7 Å². The largest absolute Gasteiger partial charge is 0.497 e. The van der Waals surface area contributed by atoms with Crippen LogP contribution in [0.15, 0.2) is 53.4 Å². The molecule has 0 bridgehead atoms. The Labute approximate surface area is 191 Å². The summed E-state index contributed by atoms with van der Waals surface area (Å²) in [5.41, 5.74) is 1.89. The lowest BCUT2D eigenvalue weighted by molar-refractivity contribution is -0.131. The van der Waals surface area contributed by atoms with Gasteiger partial charge in [0.2, 0.25) is 15.9 Å². The molecule has 8 heteroatoms. The van der Waals surface area contributed by atoms with Gasteiger partial charge in [-0.05, 0) is 41.3 Å². The van der Waals surface area contributed by atoms with Crippen LogP contribution in [0.4, 0.5) is 0 Å². The maximum atomic E-state index is 13.5. The van der Waals surface area contributed by atoms with E-state index in [1.807, 2.05) is 36.4 Å². The summed E-state index contributed by atoms with van der Waals surface area (Å²) in [6.07, 6.45) is 0.146. The molecule has 2 aromatic carbocycles. The molecule has 7 nitrogen and oxygen atoms in total. The van der Waals surface area contributed by atoms with Crippen molar-refractivity contribution in [3.8, 4) is 5.75 Å². The summed E-state index contributed by atoms with van der Waals surface area (Å²) < 4.78 is 33.7. The Kier molecular flexibility index (Phi) is 8.28. The standard InChI is InChI=1S/C24H33N3O4S/c1-19(2)21-7-9-23(10-8-21)32(29,30)27(18-20-5-4-6-22(17-20)31-3)14-11-24(28)26-15-12-25-13-16-26/h4-10,17,19,25H,11-16,18H2,1-3H3. The van der Waals surface area contributed by atoms with E-state index in [1.54, 1.807) is 24.1 Å². The average Bonchev–Trinajstić information content (AvgIpc) is 2.82. The zero-order chi connectivity index (χ0) is 23.1. The fourth-order valence-electron chi connectivity index (χ4n) is 3.73. The van der Waals surface area contributed by atoms with E-state index in [0.717, 1.165) is 24.2 Å². The Hall–Kier alpha value is -2.42. The summed E-state index contributed by atoms with van der Waals surface area (Å²) in [6.45, 7) is 7.25. The van der Waals surface area contributed by atoms with Crippen LogP contribution in [0.3, 0.4) is 0 Å². The summed E-state index contributed by atoms with van der Waals surface area (Å²) in [5.74, 6) is 0.960. The highest BCUT2D eigenvalue weighted by atomic mass is 32.2. The molecule has 0 atom stereocenters. The number of piperazine rings is 1. The smallest absolute Gasteiger partial charge is 0.243 e. The molecular formula is C24H33N3O4S. The average molecular weight is 460 g/mol. The maximum absolute atomic E-state index is 13.5. The second-order valence-electron chi connectivity index (χ2n) is 8.29. The molecule has 1 fully saturated rings. The first-order valence-corrected chi connectivity index (χ1v) is 12.5. The second-order valence-corrected chi connectivity index (χ2v) is 10.2. The maximum Gasteiger partial charge on any atom is 0.243 e. The van der Waals surface area contributed by atoms with E-state index in [4.69, 9.17) is 4.74 Å². The predicted molar refractivity (Wildman–Crippen MR) is 125 cm³/mol. The van der Waals surface area contributed by atoms with Crippen LogP contribution in [-0.4, -0.2) is 63.4 Å². The topological polar surface area (TPSA) is 79.0 Å². The molecule has 174 valence electrons. The second kappa shape index (κ2) is 10.9. The van der Waals surface area contributed by atoms with Gasteiger partial charge in [-0.2, -0.15) is 4.31 Å². The van der Waals surface area contributed by atoms with Gasteiger partial charge in [-0.1, -0.05) is 38.1 Å². The number of nitrogens with zero attached hydrogens (tertiary/aromatic N) is 2. The fraction of sp³-hybridized carbons (Fsp3) is 0.458. The van der Waals surface area contributed by atoms with Crippen molar-refractivity contribution >= 4 is 15.9 Å². The van der Waals surface area contributed by atoms with Gasteiger partial charge < -0.3 is 15.0 Å². The minimum atomic E-state index is -3.78. The molecule has 1 heterocycles. The zero-order valence-electron chi connectivity index (χ0n) is 19.1. The number of rotatable bonds is 9. The Balaban J connectivity index is 1.83. The van der Waals surface area contributed by atoms with Gasteiger partial charge in [-0.3, -0.25) is 4.79 Å². The monoisotopic (exact) mass is 459 g/mol. The first kappa shape index (κ1) is 24.2. The normalized spacial score (nSPS) is 14.7. The van der Waals surface area contributed by atoms with Gasteiger partial charge in [-0.15, -0.1) is 0 Å². The molecule has 1 aliphatic heterocycles. The molecule has 0 unspecified atom stereocenters. The van der Waals surface area contributed by atoms with Crippen LogP contribution in [0.5, 0.6) is 5.75 Å².